The van der Waals surface area contributed by atoms with E-state index >= 15 is 0 Å². The minimum Gasteiger partial charge on any atom is -0.497 e. The Morgan fingerprint density at radius 1 is 1.05 bits per heavy atom. The van der Waals surface area contributed by atoms with Gasteiger partial charge in [0.1, 0.15) is 5.75 Å². The number of benzene rings is 2. The average molecular weight is 298 g/mol. The highest BCUT2D eigenvalue weighted by atomic mass is 16.5. The molecule has 2 aromatic carbocycles. The molecule has 0 saturated carbocycles. The van der Waals surface area contributed by atoms with Crippen LogP contribution in [0.15, 0.2) is 48.5 Å². The molecule has 0 aliphatic carbocycles. The highest BCUT2D eigenvalue weighted by molar-refractivity contribution is 5.85. The number of nitrogens with two attached hydrogens (primary N) is 1. The smallest absolute Gasteiger partial charge is 0.239 e. The highest BCUT2D eigenvalue weighted by Crippen LogP contribution is 2.22. The Morgan fingerprint density at radius 3 is 2.00 bits per heavy atom. The van der Waals surface area contributed by atoms with Crippen LogP contribution in [0, 0.1) is 0 Å². The van der Waals surface area contributed by atoms with Crippen LogP contribution in [-0.2, 0) is 11.3 Å². The van der Waals surface area contributed by atoms with Crippen molar-refractivity contribution in [2.45, 2.75) is 25.9 Å². The first kappa shape index (κ1) is 16.0. The van der Waals surface area contributed by atoms with Gasteiger partial charge in [0.25, 0.3) is 0 Å². The Balaban J connectivity index is 2.02. The summed E-state index contributed by atoms with van der Waals surface area (Å²) in [5.41, 5.74) is 8.17. The van der Waals surface area contributed by atoms with Crippen LogP contribution < -0.4 is 15.8 Å². The SMILES string of the molecule is COc1ccc(-c2ccc(CNC(=O)C(C)(C)N)cc2)cc1. The van der Waals surface area contributed by atoms with E-state index in [0.29, 0.717) is 6.54 Å². The summed E-state index contributed by atoms with van der Waals surface area (Å²) in [6.07, 6.45) is 0. The van der Waals surface area contributed by atoms with Crippen molar-refractivity contribution >= 4 is 5.91 Å². The molecule has 0 atom stereocenters. The van der Waals surface area contributed by atoms with E-state index in [1.165, 1.54) is 0 Å². The first-order valence-corrected chi connectivity index (χ1v) is 7.21. The molecule has 0 radical (unpaired) electrons. The van der Waals surface area contributed by atoms with Crippen molar-refractivity contribution in [3.8, 4) is 16.9 Å². The highest BCUT2D eigenvalue weighted by Gasteiger charge is 2.20. The summed E-state index contributed by atoms with van der Waals surface area (Å²) in [5.74, 6) is 0.680. The van der Waals surface area contributed by atoms with Gasteiger partial charge in [-0.05, 0) is 42.7 Å². The van der Waals surface area contributed by atoms with Crippen LogP contribution in [0.2, 0.25) is 0 Å². The van der Waals surface area contributed by atoms with Crippen molar-refractivity contribution in [3.05, 3.63) is 54.1 Å². The number of amides is 1. The summed E-state index contributed by atoms with van der Waals surface area (Å²) in [4.78, 5) is 11.7. The standard InChI is InChI=1S/C18H22N2O2/c1-18(2,19)17(21)20-12-13-4-6-14(7-5-13)15-8-10-16(22-3)11-9-15/h4-11H,12,19H2,1-3H3,(H,20,21). The van der Waals surface area contributed by atoms with Gasteiger partial charge in [0.15, 0.2) is 0 Å². The number of methoxy groups -OCH3 is 1. The van der Waals surface area contributed by atoms with Crippen LogP contribution in [0.4, 0.5) is 0 Å². The number of ether oxygens (including phenoxy) is 1. The van der Waals surface area contributed by atoms with Gasteiger partial charge in [-0.15, -0.1) is 0 Å². The molecule has 0 saturated heterocycles. The topological polar surface area (TPSA) is 64.3 Å². The van der Waals surface area contributed by atoms with Crippen molar-refractivity contribution in [1.82, 2.24) is 5.32 Å². The lowest BCUT2D eigenvalue weighted by atomic mass is 10.0. The van der Waals surface area contributed by atoms with Crippen LogP contribution in [0.25, 0.3) is 11.1 Å². The fraction of sp³-hybridized carbons (Fsp3) is 0.278. The number of carbonyl (C=O) groups excluding carboxylic acids is 1. The summed E-state index contributed by atoms with van der Waals surface area (Å²) in [6.45, 7) is 3.85. The first-order chi connectivity index (χ1) is 10.4. The molecule has 116 valence electrons. The molecule has 4 heteroatoms. The van der Waals surface area contributed by atoms with Gasteiger partial charge in [0.05, 0.1) is 12.6 Å². The maximum Gasteiger partial charge on any atom is 0.239 e. The lowest BCUT2D eigenvalue weighted by Gasteiger charge is -2.17. The average Bonchev–Trinajstić information content (AvgIpc) is 2.52. The quantitative estimate of drug-likeness (QED) is 0.892. The van der Waals surface area contributed by atoms with Crippen molar-refractivity contribution in [2.75, 3.05) is 7.11 Å². The largest absolute Gasteiger partial charge is 0.497 e. The second kappa shape index (κ2) is 6.62. The summed E-state index contributed by atoms with van der Waals surface area (Å²) < 4.78 is 5.16. The maximum atomic E-state index is 11.7. The zero-order valence-corrected chi connectivity index (χ0v) is 13.2. The molecule has 0 unspecified atom stereocenters. The fourth-order valence-corrected chi connectivity index (χ4v) is 2.01. The molecule has 0 aliphatic heterocycles. The third kappa shape index (κ3) is 4.09. The molecule has 0 fully saturated rings. The van der Waals surface area contributed by atoms with Gasteiger partial charge in [-0.2, -0.15) is 0 Å². The van der Waals surface area contributed by atoms with Crippen LogP contribution in [-0.4, -0.2) is 18.6 Å². The molecule has 0 heterocycles. The number of nitrogens with one attached hydrogen (secondary N) is 1. The van der Waals surface area contributed by atoms with Crippen molar-refractivity contribution < 1.29 is 9.53 Å². The summed E-state index contributed by atoms with van der Waals surface area (Å²) in [7, 11) is 1.65. The number of hydrogen-bond donors (Lipinski definition) is 2. The molecular formula is C18H22N2O2. The molecule has 22 heavy (non-hydrogen) atoms. The van der Waals surface area contributed by atoms with Gasteiger partial charge < -0.3 is 15.8 Å². The Labute approximate surface area is 131 Å². The van der Waals surface area contributed by atoms with E-state index in [4.69, 9.17) is 10.5 Å². The molecule has 2 rings (SSSR count). The summed E-state index contributed by atoms with van der Waals surface area (Å²) in [6, 6.07) is 16.0. The van der Waals surface area contributed by atoms with Gasteiger partial charge in [-0.1, -0.05) is 36.4 Å². The second-order valence-corrected chi connectivity index (χ2v) is 5.83. The molecule has 0 spiro atoms. The predicted octanol–water partition coefficient (Wildman–Crippen LogP) is 2.72. The van der Waals surface area contributed by atoms with E-state index in [1.807, 2.05) is 48.5 Å². The van der Waals surface area contributed by atoms with E-state index in [2.05, 4.69) is 5.32 Å². The van der Waals surface area contributed by atoms with Crippen molar-refractivity contribution in [3.63, 3.8) is 0 Å². The Hall–Kier alpha value is -2.33. The minimum absolute atomic E-state index is 0.160. The third-order valence-electron chi connectivity index (χ3n) is 3.42. The molecule has 0 aliphatic rings. The first-order valence-electron chi connectivity index (χ1n) is 7.21. The Morgan fingerprint density at radius 2 is 1.55 bits per heavy atom. The lowest BCUT2D eigenvalue weighted by Crippen LogP contribution is -2.48. The zero-order chi connectivity index (χ0) is 16.2. The Bertz CT molecular complexity index is 626. The van der Waals surface area contributed by atoms with E-state index in [0.717, 1.165) is 22.4 Å². The zero-order valence-electron chi connectivity index (χ0n) is 13.2. The molecular weight excluding hydrogens is 276 g/mol. The van der Waals surface area contributed by atoms with Gasteiger partial charge in [0.2, 0.25) is 5.91 Å². The minimum atomic E-state index is -0.858. The fourth-order valence-electron chi connectivity index (χ4n) is 2.01. The third-order valence-corrected chi connectivity index (χ3v) is 3.42. The van der Waals surface area contributed by atoms with E-state index in [9.17, 15) is 4.79 Å². The van der Waals surface area contributed by atoms with Crippen molar-refractivity contribution in [2.24, 2.45) is 5.73 Å². The van der Waals surface area contributed by atoms with E-state index < -0.39 is 5.54 Å². The molecule has 0 aromatic heterocycles. The van der Waals surface area contributed by atoms with Crippen LogP contribution in [0.1, 0.15) is 19.4 Å². The molecule has 3 N–H and O–H groups in total. The van der Waals surface area contributed by atoms with Crippen LogP contribution in [0.3, 0.4) is 0 Å². The molecule has 2 aromatic rings. The maximum absolute atomic E-state index is 11.7. The lowest BCUT2D eigenvalue weighted by molar-refractivity contribution is -0.125. The number of carbonyl (C=O) groups is 1. The Kier molecular flexibility index (Phi) is 4.83. The molecule has 0 bridgehead atoms. The van der Waals surface area contributed by atoms with Gasteiger partial charge in [-0.25, -0.2) is 0 Å². The molecule has 1 amide bonds. The van der Waals surface area contributed by atoms with E-state index in [-0.39, 0.29) is 5.91 Å². The van der Waals surface area contributed by atoms with Gasteiger partial charge >= 0.3 is 0 Å². The summed E-state index contributed by atoms with van der Waals surface area (Å²) in [5, 5.41) is 2.83. The number of rotatable bonds is 5. The second-order valence-electron chi connectivity index (χ2n) is 5.83. The van der Waals surface area contributed by atoms with Crippen LogP contribution >= 0.6 is 0 Å². The monoisotopic (exact) mass is 298 g/mol. The normalized spacial score (nSPS) is 11.1. The summed E-state index contributed by atoms with van der Waals surface area (Å²) >= 11 is 0. The van der Waals surface area contributed by atoms with Crippen molar-refractivity contribution in [1.29, 1.82) is 0 Å². The molecule has 4 nitrogen and oxygen atoms in total. The van der Waals surface area contributed by atoms with Gasteiger partial charge in [0, 0.05) is 6.54 Å². The predicted molar refractivity (Wildman–Crippen MR) is 88.5 cm³/mol. The van der Waals surface area contributed by atoms with Crippen LogP contribution in [0.5, 0.6) is 5.75 Å². The number of hydrogen-bond acceptors (Lipinski definition) is 3. The van der Waals surface area contributed by atoms with E-state index in [1.54, 1.807) is 21.0 Å². The van der Waals surface area contributed by atoms with Gasteiger partial charge in [-0.3, -0.25) is 4.79 Å².